The van der Waals surface area contributed by atoms with Gasteiger partial charge in [0.1, 0.15) is 0 Å². The molecule has 0 radical (unpaired) electrons. The van der Waals surface area contributed by atoms with Crippen molar-refractivity contribution in [3.05, 3.63) is 107 Å². The molecule has 3 aromatic carbocycles. The van der Waals surface area contributed by atoms with Crippen LogP contribution in [0, 0.1) is 0 Å². The summed E-state index contributed by atoms with van der Waals surface area (Å²) in [6.45, 7) is 2.97. The number of carbonyl (C=O) groups excluding carboxylic acids is 1. The molecular formula is C27H32N2O3. The Hall–Kier alpha value is -2.99. The van der Waals surface area contributed by atoms with Gasteiger partial charge in [0, 0.05) is 24.7 Å². The predicted octanol–water partition coefficient (Wildman–Crippen LogP) is 3.88. The molecule has 4 N–H and O–H groups in total. The first-order valence-electron chi connectivity index (χ1n) is 11.0. The van der Waals surface area contributed by atoms with Crippen molar-refractivity contribution in [3.63, 3.8) is 0 Å². The number of rotatable bonds is 11. The van der Waals surface area contributed by atoms with Crippen LogP contribution < -0.4 is 5.73 Å². The maximum Gasteiger partial charge on any atom is 0.248 e. The third kappa shape index (κ3) is 6.76. The van der Waals surface area contributed by atoms with Gasteiger partial charge >= 0.3 is 0 Å². The number of nitrogens with zero attached hydrogens (tertiary/aromatic N) is 1. The van der Waals surface area contributed by atoms with E-state index in [0.717, 1.165) is 29.5 Å². The van der Waals surface area contributed by atoms with E-state index in [1.807, 2.05) is 72.8 Å². The van der Waals surface area contributed by atoms with Crippen LogP contribution in [0.2, 0.25) is 0 Å². The van der Waals surface area contributed by atoms with Gasteiger partial charge in [-0.2, -0.15) is 0 Å². The van der Waals surface area contributed by atoms with Crippen LogP contribution in [0.25, 0.3) is 0 Å². The summed E-state index contributed by atoms with van der Waals surface area (Å²) < 4.78 is 0. The number of amides is 1. The highest BCUT2D eigenvalue weighted by atomic mass is 16.3. The summed E-state index contributed by atoms with van der Waals surface area (Å²) in [5, 5.41) is 21.6. The van der Waals surface area contributed by atoms with Gasteiger partial charge in [0.05, 0.1) is 12.2 Å². The van der Waals surface area contributed by atoms with Crippen LogP contribution in [-0.2, 0) is 6.42 Å². The molecular weight excluding hydrogens is 400 g/mol. The summed E-state index contributed by atoms with van der Waals surface area (Å²) >= 11 is 0. The summed E-state index contributed by atoms with van der Waals surface area (Å²) in [7, 11) is 0. The third-order valence-electron chi connectivity index (χ3n) is 5.90. The number of aliphatic hydroxyl groups is 2. The van der Waals surface area contributed by atoms with Gasteiger partial charge in [-0.1, -0.05) is 72.8 Å². The van der Waals surface area contributed by atoms with E-state index < -0.39 is 18.1 Å². The average molecular weight is 433 g/mol. The second-order valence-electron chi connectivity index (χ2n) is 8.26. The molecule has 3 rings (SSSR count). The van der Waals surface area contributed by atoms with E-state index in [2.05, 4.69) is 11.8 Å². The van der Waals surface area contributed by atoms with Crippen molar-refractivity contribution in [1.29, 1.82) is 0 Å². The van der Waals surface area contributed by atoms with Crippen molar-refractivity contribution in [3.8, 4) is 0 Å². The van der Waals surface area contributed by atoms with E-state index in [1.165, 1.54) is 0 Å². The van der Waals surface area contributed by atoms with Gasteiger partial charge in [-0.3, -0.25) is 9.69 Å². The van der Waals surface area contributed by atoms with Crippen LogP contribution in [-0.4, -0.2) is 40.2 Å². The van der Waals surface area contributed by atoms with Gasteiger partial charge in [-0.25, -0.2) is 0 Å². The molecule has 0 aliphatic carbocycles. The van der Waals surface area contributed by atoms with Gasteiger partial charge in [0.2, 0.25) is 5.91 Å². The minimum Gasteiger partial charge on any atom is -0.387 e. The summed E-state index contributed by atoms with van der Waals surface area (Å²) in [6.07, 6.45) is 0.381. The average Bonchev–Trinajstić information content (AvgIpc) is 2.83. The minimum atomic E-state index is -0.642. The summed E-state index contributed by atoms with van der Waals surface area (Å²) in [5.41, 5.74) is 8.67. The van der Waals surface area contributed by atoms with Crippen molar-refractivity contribution >= 4 is 5.91 Å². The molecule has 0 spiro atoms. The minimum absolute atomic E-state index is 0.127. The molecule has 3 aromatic rings. The van der Waals surface area contributed by atoms with E-state index in [0.29, 0.717) is 18.7 Å². The molecule has 0 unspecified atom stereocenters. The zero-order chi connectivity index (χ0) is 22.9. The first-order chi connectivity index (χ1) is 15.4. The number of benzene rings is 3. The van der Waals surface area contributed by atoms with E-state index in [9.17, 15) is 15.0 Å². The first-order valence-corrected chi connectivity index (χ1v) is 11.0. The number of carbonyl (C=O) groups is 1. The van der Waals surface area contributed by atoms with Gasteiger partial charge in [0.15, 0.2) is 0 Å². The van der Waals surface area contributed by atoms with Gasteiger partial charge in [0.25, 0.3) is 0 Å². The predicted molar refractivity (Wildman–Crippen MR) is 127 cm³/mol. The van der Waals surface area contributed by atoms with Crippen molar-refractivity contribution < 1.29 is 15.0 Å². The Labute approximate surface area is 190 Å². The standard InChI is InChI=1S/C27H32N2O3/c1-20(12-13-21-14-16-24(17-15-21)27(28)32)29(18-25(30)22-8-4-2-5-9-22)19-26(31)23-10-6-3-7-11-23/h2-11,14-17,20,25-26,30-31H,12-13,18-19H2,1H3,(H2,28,32)/t20-,25+,26+/m0/s1. The van der Waals surface area contributed by atoms with Crippen molar-refractivity contribution in [1.82, 2.24) is 4.90 Å². The third-order valence-corrected chi connectivity index (χ3v) is 5.90. The molecule has 0 aliphatic rings. The largest absolute Gasteiger partial charge is 0.387 e. The van der Waals surface area contributed by atoms with Gasteiger partial charge in [-0.05, 0) is 48.6 Å². The monoisotopic (exact) mass is 432 g/mol. The molecule has 0 aromatic heterocycles. The Morgan fingerprint density at radius 1 is 0.812 bits per heavy atom. The molecule has 0 bridgehead atoms. The Balaban J connectivity index is 1.68. The molecule has 1 amide bonds. The van der Waals surface area contributed by atoms with Crippen LogP contribution in [0.5, 0.6) is 0 Å². The summed E-state index contributed by atoms with van der Waals surface area (Å²) in [5.74, 6) is -0.430. The number of nitrogens with two attached hydrogens (primary N) is 1. The fraction of sp³-hybridized carbons (Fsp3) is 0.296. The topological polar surface area (TPSA) is 86.8 Å². The number of aryl methyl sites for hydroxylation is 1. The van der Waals surface area contributed by atoms with Crippen LogP contribution in [0.1, 0.15) is 52.6 Å². The lowest BCUT2D eigenvalue weighted by molar-refractivity contribution is 0.0460. The summed E-state index contributed by atoms with van der Waals surface area (Å²) in [6, 6.07) is 26.7. The lowest BCUT2D eigenvalue weighted by atomic mass is 10.0. The normalized spacial score (nSPS) is 14.1. The molecule has 168 valence electrons. The van der Waals surface area contributed by atoms with E-state index in [4.69, 9.17) is 5.73 Å². The molecule has 3 atom stereocenters. The fourth-order valence-electron chi connectivity index (χ4n) is 3.83. The van der Waals surface area contributed by atoms with E-state index >= 15 is 0 Å². The molecule has 5 nitrogen and oxygen atoms in total. The molecule has 32 heavy (non-hydrogen) atoms. The van der Waals surface area contributed by atoms with Crippen molar-refractivity contribution in [2.45, 2.75) is 38.0 Å². The van der Waals surface area contributed by atoms with Crippen molar-refractivity contribution in [2.75, 3.05) is 13.1 Å². The maximum atomic E-state index is 11.3. The molecule has 0 heterocycles. The highest BCUT2D eigenvalue weighted by molar-refractivity contribution is 5.92. The fourth-order valence-corrected chi connectivity index (χ4v) is 3.83. The number of aliphatic hydroxyl groups excluding tert-OH is 2. The zero-order valence-corrected chi connectivity index (χ0v) is 18.5. The number of hydrogen-bond donors (Lipinski definition) is 3. The van der Waals surface area contributed by atoms with Crippen LogP contribution in [0.3, 0.4) is 0 Å². The molecule has 0 fully saturated rings. The Kier molecular flexibility index (Phi) is 8.56. The van der Waals surface area contributed by atoms with E-state index in [1.54, 1.807) is 12.1 Å². The van der Waals surface area contributed by atoms with Crippen LogP contribution in [0.4, 0.5) is 0 Å². The Morgan fingerprint density at radius 2 is 1.28 bits per heavy atom. The molecule has 0 aliphatic heterocycles. The van der Waals surface area contributed by atoms with Gasteiger partial charge < -0.3 is 15.9 Å². The van der Waals surface area contributed by atoms with Crippen molar-refractivity contribution in [2.24, 2.45) is 5.73 Å². The van der Waals surface area contributed by atoms with E-state index in [-0.39, 0.29) is 6.04 Å². The number of hydrogen-bond acceptors (Lipinski definition) is 4. The quantitative estimate of drug-likeness (QED) is 0.429. The molecule has 5 heteroatoms. The highest BCUT2D eigenvalue weighted by Crippen LogP contribution is 2.21. The van der Waals surface area contributed by atoms with Gasteiger partial charge in [-0.15, -0.1) is 0 Å². The zero-order valence-electron chi connectivity index (χ0n) is 18.5. The van der Waals surface area contributed by atoms with Crippen LogP contribution >= 0.6 is 0 Å². The molecule has 0 saturated heterocycles. The summed E-state index contributed by atoms with van der Waals surface area (Å²) in [4.78, 5) is 13.4. The SMILES string of the molecule is C[C@@H](CCc1ccc(C(N)=O)cc1)N(C[C@@H](O)c1ccccc1)C[C@@H](O)c1ccccc1. The molecule has 0 saturated carbocycles. The Morgan fingerprint density at radius 3 is 1.72 bits per heavy atom. The maximum absolute atomic E-state index is 11.3. The smallest absolute Gasteiger partial charge is 0.248 e. The first kappa shape index (κ1) is 23.7. The second kappa shape index (κ2) is 11.6. The second-order valence-corrected chi connectivity index (χ2v) is 8.26. The highest BCUT2D eigenvalue weighted by Gasteiger charge is 2.22. The lowest BCUT2D eigenvalue weighted by Crippen LogP contribution is -2.39. The number of primary amides is 1. The Bertz CT molecular complexity index is 914. The van der Waals surface area contributed by atoms with Crippen LogP contribution in [0.15, 0.2) is 84.9 Å². The lowest BCUT2D eigenvalue weighted by Gasteiger charge is -2.33.